The molecule has 4 heteroatoms. The van der Waals surface area contributed by atoms with Gasteiger partial charge in [0.05, 0.1) is 5.25 Å². The lowest BCUT2D eigenvalue weighted by Gasteiger charge is -2.11. The standard InChI is InChI=1S/C13H19ClO2S/c1-11(12-5-7-13(14)8-6-12)17(16)10-4-2-3-9-15/h5-8,11,15H,2-4,9-10H2,1H3. The van der Waals surface area contributed by atoms with E-state index >= 15 is 0 Å². The van der Waals surface area contributed by atoms with E-state index in [1.807, 2.05) is 31.2 Å². The topological polar surface area (TPSA) is 37.3 Å². The Morgan fingerprint density at radius 3 is 2.47 bits per heavy atom. The van der Waals surface area contributed by atoms with Crippen LogP contribution in [0.3, 0.4) is 0 Å². The molecule has 96 valence electrons. The minimum absolute atomic E-state index is 0.0430. The van der Waals surface area contributed by atoms with Gasteiger partial charge in [0.15, 0.2) is 0 Å². The maximum absolute atomic E-state index is 12.0. The summed E-state index contributed by atoms with van der Waals surface area (Å²) in [6.07, 6.45) is 2.65. The summed E-state index contributed by atoms with van der Waals surface area (Å²) in [5, 5.41) is 9.40. The maximum Gasteiger partial charge on any atom is 0.0568 e. The normalized spacial score (nSPS) is 14.5. The molecule has 0 saturated carbocycles. The van der Waals surface area contributed by atoms with Gasteiger partial charge in [-0.05, 0) is 37.5 Å². The van der Waals surface area contributed by atoms with E-state index < -0.39 is 10.8 Å². The van der Waals surface area contributed by atoms with Gasteiger partial charge in [-0.25, -0.2) is 0 Å². The minimum Gasteiger partial charge on any atom is -0.396 e. The predicted molar refractivity (Wildman–Crippen MR) is 73.8 cm³/mol. The number of benzene rings is 1. The van der Waals surface area contributed by atoms with Gasteiger partial charge in [-0.3, -0.25) is 4.21 Å². The summed E-state index contributed by atoms with van der Waals surface area (Å²) in [6.45, 7) is 2.20. The van der Waals surface area contributed by atoms with E-state index in [0.717, 1.165) is 24.8 Å². The zero-order valence-corrected chi connectivity index (χ0v) is 11.6. The molecule has 0 aromatic heterocycles. The van der Waals surface area contributed by atoms with Gasteiger partial charge in [0.25, 0.3) is 0 Å². The first-order chi connectivity index (χ1) is 8.15. The number of aliphatic hydroxyl groups excluding tert-OH is 1. The van der Waals surface area contributed by atoms with Gasteiger partial charge in [0, 0.05) is 28.2 Å². The molecular weight excluding hydrogens is 256 g/mol. The SMILES string of the molecule is CC(c1ccc(Cl)cc1)S(=O)CCCCCO. The van der Waals surface area contributed by atoms with Gasteiger partial charge in [-0.2, -0.15) is 0 Å². The third kappa shape index (κ3) is 5.19. The number of aliphatic hydroxyl groups is 1. The molecular formula is C13H19ClO2S. The van der Waals surface area contributed by atoms with Crippen molar-refractivity contribution < 1.29 is 9.32 Å². The van der Waals surface area contributed by atoms with Gasteiger partial charge < -0.3 is 5.11 Å². The highest BCUT2D eigenvalue weighted by Crippen LogP contribution is 2.22. The first kappa shape index (κ1) is 14.7. The van der Waals surface area contributed by atoms with Crippen LogP contribution in [0, 0.1) is 0 Å². The fraction of sp³-hybridized carbons (Fsp3) is 0.538. The van der Waals surface area contributed by atoms with Crippen molar-refractivity contribution in [2.24, 2.45) is 0 Å². The molecule has 0 fully saturated rings. The van der Waals surface area contributed by atoms with Crippen LogP contribution < -0.4 is 0 Å². The van der Waals surface area contributed by atoms with Crippen LogP contribution >= 0.6 is 11.6 Å². The van der Waals surface area contributed by atoms with Crippen molar-refractivity contribution >= 4 is 22.4 Å². The van der Waals surface area contributed by atoms with Crippen molar-refractivity contribution in [3.05, 3.63) is 34.9 Å². The van der Waals surface area contributed by atoms with Gasteiger partial charge in [0.1, 0.15) is 0 Å². The van der Waals surface area contributed by atoms with Gasteiger partial charge in [-0.15, -0.1) is 0 Å². The number of hydrogen-bond acceptors (Lipinski definition) is 2. The molecule has 0 bridgehead atoms. The minimum atomic E-state index is -0.851. The van der Waals surface area contributed by atoms with Crippen molar-refractivity contribution in [3.63, 3.8) is 0 Å². The second-order valence-corrected chi connectivity index (χ2v) is 6.38. The molecule has 2 nitrogen and oxygen atoms in total. The summed E-state index contributed by atoms with van der Waals surface area (Å²) >= 11 is 5.81. The van der Waals surface area contributed by atoms with Crippen molar-refractivity contribution in [2.75, 3.05) is 12.4 Å². The number of hydrogen-bond donors (Lipinski definition) is 1. The number of unbranched alkanes of at least 4 members (excludes halogenated alkanes) is 2. The van der Waals surface area contributed by atoms with Crippen LogP contribution in [0.5, 0.6) is 0 Å². The van der Waals surface area contributed by atoms with E-state index in [4.69, 9.17) is 16.7 Å². The Morgan fingerprint density at radius 1 is 1.24 bits per heavy atom. The zero-order valence-electron chi connectivity index (χ0n) is 10.1. The second kappa shape index (κ2) is 7.85. The number of halogens is 1. The average Bonchev–Trinajstić information content (AvgIpc) is 2.34. The number of rotatable bonds is 7. The van der Waals surface area contributed by atoms with E-state index in [0.29, 0.717) is 10.8 Å². The molecule has 1 aromatic carbocycles. The van der Waals surface area contributed by atoms with E-state index in [2.05, 4.69) is 0 Å². The van der Waals surface area contributed by atoms with E-state index in [1.54, 1.807) is 0 Å². The second-order valence-electron chi connectivity index (χ2n) is 4.06. The van der Waals surface area contributed by atoms with Crippen molar-refractivity contribution in [1.29, 1.82) is 0 Å². The van der Waals surface area contributed by atoms with Crippen molar-refractivity contribution in [2.45, 2.75) is 31.4 Å². The zero-order chi connectivity index (χ0) is 12.7. The van der Waals surface area contributed by atoms with Crippen LogP contribution in [0.1, 0.15) is 37.0 Å². The summed E-state index contributed by atoms with van der Waals surface area (Å²) in [5.74, 6) is 0.698. The van der Waals surface area contributed by atoms with Crippen LogP contribution in [0.2, 0.25) is 5.02 Å². The van der Waals surface area contributed by atoms with E-state index in [1.165, 1.54) is 0 Å². The molecule has 0 aliphatic heterocycles. The summed E-state index contributed by atoms with van der Waals surface area (Å²) in [7, 11) is -0.851. The first-order valence-electron chi connectivity index (χ1n) is 5.88. The summed E-state index contributed by atoms with van der Waals surface area (Å²) in [5.41, 5.74) is 1.06. The van der Waals surface area contributed by atoms with Crippen LogP contribution in [0.25, 0.3) is 0 Å². The Morgan fingerprint density at radius 2 is 1.88 bits per heavy atom. The summed E-state index contributed by atoms with van der Waals surface area (Å²) in [4.78, 5) is 0. The molecule has 2 unspecified atom stereocenters. The molecule has 0 saturated heterocycles. The molecule has 2 atom stereocenters. The largest absolute Gasteiger partial charge is 0.396 e. The molecule has 0 spiro atoms. The van der Waals surface area contributed by atoms with Crippen LogP contribution in [-0.4, -0.2) is 21.7 Å². The highest BCUT2D eigenvalue weighted by Gasteiger charge is 2.12. The van der Waals surface area contributed by atoms with Crippen molar-refractivity contribution in [3.8, 4) is 0 Å². The lowest BCUT2D eigenvalue weighted by molar-refractivity contribution is 0.284. The smallest absolute Gasteiger partial charge is 0.0568 e. The molecule has 1 aromatic rings. The molecule has 0 amide bonds. The quantitative estimate of drug-likeness (QED) is 0.775. The maximum atomic E-state index is 12.0. The summed E-state index contributed by atoms with van der Waals surface area (Å²) in [6, 6.07) is 7.52. The van der Waals surface area contributed by atoms with E-state index in [9.17, 15) is 4.21 Å². The first-order valence-corrected chi connectivity index (χ1v) is 7.64. The van der Waals surface area contributed by atoms with Crippen molar-refractivity contribution in [1.82, 2.24) is 0 Å². The molecule has 0 aliphatic carbocycles. The molecule has 0 heterocycles. The lowest BCUT2D eigenvalue weighted by atomic mass is 10.2. The van der Waals surface area contributed by atoms with Gasteiger partial charge in [0.2, 0.25) is 0 Å². The Labute approximate surface area is 110 Å². The van der Waals surface area contributed by atoms with Crippen LogP contribution in [0.4, 0.5) is 0 Å². The highest BCUT2D eigenvalue weighted by atomic mass is 35.5. The van der Waals surface area contributed by atoms with E-state index in [-0.39, 0.29) is 11.9 Å². The van der Waals surface area contributed by atoms with Gasteiger partial charge in [-0.1, -0.05) is 30.2 Å². The highest BCUT2D eigenvalue weighted by molar-refractivity contribution is 7.85. The molecule has 0 radical (unpaired) electrons. The Bertz CT molecular complexity index is 351. The molecule has 17 heavy (non-hydrogen) atoms. The van der Waals surface area contributed by atoms with Gasteiger partial charge >= 0.3 is 0 Å². The fourth-order valence-electron chi connectivity index (χ4n) is 1.60. The predicted octanol–water partition coefficient (Wildman–Crippen LogP) is 3.31. The third-order valence-electron chi connectivity index (χ3n) is 2.74. The summed E-state index contributed by atoms with van der Waals surface area (Å²) < 4.78 is 12.0. The third-order valence-corrected chi connectivity index (χ3v) is 4.74. The molecule has 0 aliphatic rings. The molecule has 1 rings (SSSR count). The molecule has 1 N–H and O–H groups in total. The van der Waals surface area contributed by atoms with Crippen LogP contribution in [-0.2, 0) is 10.8 Å². The van der Waals surface area contributed by atoms with Crippen LogP contribution in [0.15, 0.2) is 24.3 Å². The Kier molecular flexibility index (Phi) is 6.78. The Balaban J connectivity index is 2.43. The monoisotopic (exact) mass is 274 g/mol. The average molecular weight is 275 g/mol. The lowest BCUT2D eigenvalue weighted by Crippen LogP contribution is -2.07. The fourth-order valence-corrected chi connectivity index (χ4v) is 3.02. The Hall–Kier alpha value is -0.380.